The normalized spacial score (nSPS) is 26.8. The number of hydrogen-bond acceptors (Lipinski definition) is 6. The van der Waals surface area contributed by atoms with E-state index >= 15 is 0 Å². The first kappa shape index (κ1) is 11.8. The number of Topliss-reactive ketones (excluding diaryl/α,β-unsaturated/α-hetero) is 2. The van der Waals surface area contributed by atoms with E-state index in [0.717, 1.165) is 6.92 Å². The van der Waals surface area contributed by atoms with Crippen LogP contribution in [-0.4, -0.2) is 41.9 Å². The lowest BCUT2D eigenvalue weighted by Gasteiger charge is -2.07. The summed E-state index contributed by atoms with van der Waals surface area (Å²) in [5.74, 6) is -2.78. The van der Waals surface area contributed by atoms with E-state index in [4.69, 9.17) is 4.55 Å². The van der Waals surface area contributed by atoms with E-state index in [1.807, 2.05) is 0 Å². The van der Waals surface area contributed by atoms with Crippen LogP contribution in [0.15, 0.2) is 0 Å². The average Bonchev–Trinajstić information content (AvgIpc) is 2.30. The highest BCUT2D eigenvalue weighted by Crippen LogP contribution is 2.21. The van der Waals surface area contributed by atoms with Gasteiger partial charge in [0.1, 0.15) is 0 Å². The molecule has 84 valence electrons. The summed E-state index contributed by atoms with van der Waals surface area (Å²) in [6.07, 6.45) is -2.36. The van der Waals surface area contributed by atoms with Crippen molar-refractivity contribution < 1.29 is 32.1 Å². The van der Waals surface area contributed by atoms with Crippen LogP contribution in [0.1, 0.15) is 13.3 Å². The lowest BCUT2D eigenvalue weighted by molar-refractivity contribution is -0.155. The van der Waals surface area contributed by atoms with Crippen LogP contribution in [0.4, 0.5) is 0 Å². The minimum absolute atomic E-state index is 0.657. The third-order valence-corrected chi connectivity index (χ3v) is 3.02. The summed E-state index contributed by atoms with van der Waals surface area (Å²) in [6, 6.07) is 0. The van der Waals surface area contributed by atoms with Crippen LogP contribution in [-0.2, 0) is 29.2 Å². The smallest absolute Gasteiger partial charge is 0.303 e. The molecule has 1 rings (SSSR count). The van der Waals surface area contributed by atoms with Crippen LogP contribution in [0.3, 0.4) is 0 Å². The highest BCUT2D eigenvalue weighted by molar-refractivity contribution is 7.87. The van der Waals surface area contributed by atoms with Gasteiger partial charge in [0.25, 0.3) is 10.1 Å². The van der Waals surface area contributed by atoms with Gasteiger partial charge in [-0.05, 0) is 0 Å². The van der Waals surface area contributed by atoms with Crippen molar-refractivity contribution in [3.63, 3.8) is 0 Å². The van der Waals surface area contributed by atoms with Gasteiger partial charge in [-0.2, -0.15) is 8.42 Å². The standard InChI is InChI=1S/C7H8O7S/c1-3(8)14-7-4(9)2-5(6(7)10)15(11,12)13/h5,7H,2H2,1H3,(H,11,12,13). The van der Waals surface area contributed by atoms with Gasteiger partial charge in [0.05, 0.1) is 0 Å². The summed E-state index contributed by atoms with van der Waals surface area (Å²) in [4.78, 5) is 32.9. The predicted molar refractivity (Wildman–Crippen MR) is 45.5 cm³/mol. The molecule has 2 atom stereocenters. The second-order valence-corrected chi connectivity index (χ2v) is 4.66. The molecule has 0 amide bonds. The van der Waals surface area contributed by atoms with Crippen molar-refractivity contribution in [2.75, 3.05) is 0 Å². The van der Waals surface area contributed by atoms with Gasteiger partial charge in [0, 0.05) is 13.3 Å². The van der Waals surface area contributed by atoms with Crippen molar-refractivity contribution in [2.24, 2.45) is 0 Å². The van der Waals surface area contributed by atoms with Crippen molar-refractivity contribution >= 4 is 27.7 Å². The van der Waals surface area contributed by atoms with E-state index in [2.05, 4.69) is 4.74 Å². The molecular formula is C7H8O7S. The molecule has 0 bridgehead atoms. The maximum absolute atomic E-state index is 11.3. The highest BCUT2D eigenvalue weighted by atomic mass is 32.2. The Balaban J connectivity index is 2.94. The van der Waals surface area contributed by atoms with Crippen molar-refractivity contribution in [2.45, 2.75) is 24.7 Å². The minimum atomic E-state index is -4.62. The van der Waals surface area contributed by atoms with Crippen LogP contribution in [0.5, 0.6) is 0 Å². The fourth-order valence-electron chi connectivity index (χ4n) is 1.26. The Kier molecular flexibility index (Phi) is 2.91. The Hall–Kier alpha value is -1.28. The van der Waals surface area contributed by atoms with Crippen LogP contribution in [0.2, 0.25) is 0 Å². The molecule has 0 aliphatic heterocycles. The van der Waals surface area contributed by atoms with E-state index in [-0.39, 0.29) is 0 Å². The molecule has 0 aromatic heterocycles. The van der Waals surface area contributed by atoms with Gasteiger partial charge < -0.3 is 4.74 Å². The largest absolute Gasteiger partial charge is 0.446 e. The molecule has 0 heterocycles. The summed E-state index contributed by atoms with van der Waals surface area (Å²) in [5.41, 5.74) is 0. The Morgan fingerprint density at radius 3 is 2.33 bits per heavy atom. The number of carbonyl (C=O) groups is 3. The topological polar surface area (TPSA) is 115 Å². The molecule has 0 radical (unpaired) electrons. The number of ketones is 2. The van der Waals surface area contributed by atoms with Gasteiger partial charge in [-0.3, -0.25) is 18.9 Å². The fraction of sp³-hybridized carbons (Fsp3) is 0.571. The van der Waals surface area contributed by atoms with Crippen molar-refractivity contribution in [3.8, 4) is 0 Å². The first-order valence-corrected chi connectivity index (χ1v) is 5.43. The van der Waals surface area contributed by atoms with E-state index in [1.54, 1.807) is 0 Å². The van der Waals surface area contributed by atoms with Crippen LogP contribution >= 0.6 is 0 Å². The zero-order valence-corrected chi connectivity index (χ0v) is 8.48. The Labute approximate surface area is 85.1 Å². The lowest BCUT2D eigenvalue weighted by atomic mass is 10.3. The highest BCUT2D eigenvalue weighted by Gasteiger charge is 2.49. The second-order valence-electron chi connectivity index (χ2n) is 3.07. The Morgan fingerprint density at radius 2 is 2.00 bits per heavy atom. The maximum Gasteiger partial charge on any atom is 0.303 e. The number of rotatable bonds is 2. The summed E-state index contributed by atoms with van der Waals surface area (Å²) in [5, 5.41) is -1.81. The molecule has 1 saturated carbocycles. The van der Waals surface area contributed by atoms with E-state index in [1.165, 1.54) is 0 Å². The lowest BCUT2D eigenvalue weighted by Crippen LogP contribution is -2.33. The van der Waals surface area contributed by atoms with Crippen molar-refractivity contribution in [1.29, 1.82) is 0 Å². The molecule has 7 nitrogen and oxygen atoms in total. The van der Waals surface area contributed by atoms with Gasteiger partial charge >= 0.3 is 5.97 Å². The second kappa shape index (κ2) is 3.70. The molecule has 0 spiro atoms. The maximum atomic E-state index is 11.3. The summed E-state index contributed by atoms with van der Waals surface area (Å²) in [7, 11) is -4.62. The number of carbonyl (C=O) groups excluding carboxylic acids is 3. The third kappa shape index (κ3) is 2.39. The van der Waals surface area contributed by atoms with Gasteiger partial charge in [0.2, 0.25) is 11.9 Å². The molecule has 2 unspecified atom stereocenters. The average molecular weight is 236 g/mol. The van der Waals surface area contributed by atoms with Crippen molar-refractivity contribution in [1.82, 2.24) is 0 Å². The molecule has 0 saturated heterocycles. The summed E-state index contributed by atoms with van der Waals surface area (Å²) in [6.45, 7) is 0.987. The number of esters is 1. The van der Waals surface area contributed by atoms with Gasteiger partial charge in [-0.25, -0.2) is 0 Å². The SMILES string of the molecule is CC(=O)OC1C(=O)CC(S(=O)(=O)O)C1=O. The zero-order chi connectivity index (χ0) is 11.8. The molecule has 1 fully saturated rings. The van der Waals surface area contributed by atoms with Crippen LogP contribution in [0, 0.1) is 0 Å². The van der Waals surface area contributed by atoms with Crippen LogP contribution < -0.4 is 0 Å². The molecule has 0 aromatic carbocycles. The first-order chi connectivity index (χ1) is 6.73. The molecule has 8 heteroatoms. The quantitative estimate of drug-likeness (QED) is 0.360. The van der Waals surface area contributed by atoms with Gasteiger partial charge in [-0.1, -0.05) is 0 Å². The first-order valence-electron chi connectivity index (χ1n) is 3.93. The molecule has 0 aromatic rings. The van der Waals surface area contributed by atoms with Crippen molar-refractivity contribution in [3.05, 3.63) is 0 Å². The monoisotopic (exact) mass is 236 g/mol. The molecule has 1 aliphatic carbocycles. The van der Waals surface area contributed by atoms with Gasteiger partial charge in [-0.15, -0.1) is 0 Å². The zero-order valence-electron chi connectivity index (χ0n) is 7.67. The molecular weight excluding hydrogens is 228 g/mol. The minimum Gasteiger partial charge on any atom is -0.446 e. The molecule has 15 heavy (non-hydrogen) atoms. The molecule has 1 aliphatic rings. The summed E-state index contributed by atoms with van der Waals surface area (Å²) < 4.78 is 34.3. The van der Waals surface area contributed by atoms with Crippen LogP contribution in [0.25, 0.3) is 0 Å². The summed E-state index contributed by atoms with van der Waals surface area (Å²) >= 11 is 0. The van der Waals surface area contributed by atoms with E-state index < -0.39 is 45.4 Å². The Bertz CT molecular complexity index is 421. The number of ether oxygens (including phenoxy) is 1. The van der Waals surface area contributed by atoms with Gasteiger partial charge in [0.15, 0.2) is 11.0 Å². The van der Waals surface area contributed by atoms with E-state index in [9.17, 15) is 22.8 Å². The third-order valence-electron chi connectivity index (χ3n) is 1.90. The van der Waals surface area contributed by atoms with E-state index in [0.29, 0.717) is 0 Å². The predicted octanol–water partition coefficient (Wildman–Crippen LogP) is -1.28. The fourth-order valence-corrected chi connectivity index (χ4v) is 2.05. The Morgan fingerprint density at radius 1 is 1.47 bits per heavy atom. The molecule has 1 N–H and O–H groups in total. The number of hydrogen-bond donors (Lipinski definition) is 1.